The second kappa shape index (κ2) is 5.89. The van der Waals surface area contributed by atoms with E-state index in [0.717, 1.165) is 37.0 Å². The number of phenolic OH excluding ortho intramolecular Hbond substituents is 1. The van der Waals surface area contributed by atoms with Crippen LogP contribution in [0.5, 0.6) is 11.5 Å². The molecule has 1 aromatic rings. The molecule has 0 saturated heterocycles. The van der Waals surface area contributed by atoms with Crippen molar-refractivity contribution in [1.82, 2.24) is 0 Å². The molecule has 0 fully saturated rings. The van der Waals surface area contributed by atoms with Gasteiger partial charge in [-0.05, 0) is 70.1 Å². The van der Waals surface area contributed by atoms with Crippen molar-refractivity contribution < 1.29 is 9.84 Å². The molecule has 0 bridgehead atoms. The molecular weight excluding hydrogens is 284 g/mol. The minimum Gasteiger partial charge on any atom is -0.507 e. The van der Waals surface area contributed by atoms with Crippen LogP contribution in [-0.2, 0) is 6.42 Å². The third kappa shape index (κ3) is 3.13. The topological polar surface area (TPSA) is 29.5 Å². The summed E-state index contributed by atoms with van der Waals surface area (Å²) in [6.07, 6.45) is 6.74. The molecule has 2 nitrogen and oxygen atoms in total. The number of allylic oxidation sites excluding steroid dienone is 2. The monoisotopic (exact) mass is 314 g/mol. The number of aryl methyl sites for hydroxylation is 1. The molecule has 0 aromatic heterocycles. The van der Waals surface area contributed by atoms with Crippen molar-refractivity contribution in [2.45, 2.75) is 71.8 Å². The van der Waals surface area contributed by atoms with Gasteiger partial charge < -0.3 is 9.84 Å². The number of fused-ring (bicyclic) bond motifs is 3. The Bertz CT molecular complexity index is 625. The Morgan fingerprint density at radius 3 is 2.74 bits per heavy atom. The summed E-state index contributed by atoms with van der Waals surface area (Å²) >= 11 is 0. The van der Waals surface area contributed by atoms with Crippen molar-refractivity contribution in [2.24, 2.45) is 11.8 Å². The van der Waals surface area contributed by atoms with Crippen LogP contribution in [0.3, 0.4) is 0 Å². The molecule has 23 heavy (non-hydrogen) atoms. The van der Waals surface area contributed by atoms with E-state index in [0.29, 0.717) is 17.6 Å². The number of hydrogen-bond donors (Lipinski definition) is 1. The van der Waals surface area contributed by atoms with E-state index in [-0.39, 0.29) is 11.5 Å². The summed E-state index contributed by atoms with van der Waals surface area (Å²) in [4.78, 5) is 0. The molecule has 1 N–H and O–H groups in total. The first-order valence-electron chi connectivity index (χ1n) is 9.00. The molecule has 3 rings (SSSR count). The lowest BCUT2D eigenvalue weighted by Crippen LogP contribution is -2.45. The maximum Gasteiger partial charge on any atom is 0.127 e. The lowest BCUT2D eigenvalue weighted by Gasteiger charge is -2.46. The number of phenols is 1. The molecule has 2 aliphatic rings. The summed E-state index contributed by atoms with van der Waals surface area (Å²) in [5, 5.41) is 10.7. The zero-order valence-corrected chi connectivity index (χ0v) is 15.1. The quantitative estimate of drug-likeness (QED) is 0.737. The standard InChI is InChI=1S/C21H30O2/c1-13(2)6-8-15-11-18(22)20-16-10-14(3)7-9-17(16)21(4,5)23-19(20)12-15/h10-13,16-17,22H,6-9H2,1-5H3/t16-,17-/m1/s1. The minimum absolute atomic E-state index is 0.183. The van der Waals surface area contributed by atoms with Crippen LogP contribution in [-0.4, -0.2) is 10.7 Å². The van der Waals surface area contributed by atoms with Gasteiger partial charge >= 0.3 is 0 Å². The Hall–Kier alpha value is -1.44. The highest BCUT2D eigenvalue weighted by Crippen LogP contribution is 2.53. The van der Waals surface area contributed by atoms with E-state index >= 15 is 0 Å². The maximum atomic E-state index is 10.7. The summed E-state index contributed by atoms with van der Waals surface area (Å²) in [5.41, 5.74) is 3.43. The molecule has 0 amide bonds. The molecule has 1 aromatic carbocycles. The Kier molecular flexibility index (Phi) is 4.20. The Morgan fingerprint density at radius 2 is 2.04 bits per heavy atom. The van der Waals surface area contributed by atoms with Gasteiger partial charge in [-0.3, -0.25) is 0 Å². The van der Waals surface area contributed by atoms with E-state index in [9.17, 15) is 5.11 Å². The minimum atomic E-state index is -0.183. The second-order valence-corrected chi connectivity index (χ2v) is 8.35. The Balaban J connectivity index is 2.02. The highest BCUT2D eigenvalue weighted by Gasteiger charge is 2.45. The van der Waals surface area contributed by atoms with Crippen molar-refractivity contribution in [3.8, 4) is 11.5 Å². The summed E-state index contributed by atoms with van der Waals surface area (Å²) in [6.45, 7) is 11.1. The van der Waals surface area contributed by atoms with Gasteiger partial charge in [0, 0.05) is 17.4 Å². The van der Waals surface area contributed by atoms with E-state index in [4.69, 9.17) is 4.74 Å². The first kappa shape index (κ1) is 16.4. The van der Waals surface area contributed by atoms with Gasteiger partial charge in [0.2, 0.25) is 0 Å². The molecule has 1 aliphatic heterocycles. The number of ether oxygens (including phenoxy) is 1. The van der Waals surface area contributed by atoms with Crippen LogP contribution in [0.25, 0.3) is 0 Å². The molecule has 0 spiro atoms. The molecular formula is C21H30O2. The lowest BCUT2D eigenvalue weighted by molar-refractivity contribution is 0.0107. The van der Waals surface area contributed by atoms with Crippen molar-refractivity contribution in [1.29, 1.82) is 0 Å². The van der Waals surface area contributed by atoms with Gasteiger partial charge in [0.05, 0.1) is 0 Å². The molecule has 126 valence electrons. The zero-order valence-electron chi connectivity index (χ0n) is 15.1. The highest BCUT2D eigenvalue weighted by molar-refractivity contribution is 5.54. The summed E-state index contributed by atoms with van der Waals surface area (Å²) in [5.74, 6) is 2.69. The third-order valence-corrected chi connectivity index (χ3v) is 5.54. The highest BCUT2D eigenvalue weighted by atomic mass is 16.5. The van der Waals surface area contributed by atoms with Gasteiger partial charge in [0.25, 0.3) is 0 Å². The van der Waals surface area contributed by atoms with Gasteiger partial charge in [-0.15, -0.1) is 0 Å². The first-order chi connectivity index (χ1) is 10.8. The summed E-state index contributed by atoms with van der Waals surface area (Å²) < 4.78 is 6.36. The fourth-order valence-electron chi connectivity index (χ4n) is 4.18. The molecule has 0 radical (unpaired) electrons. The fourth-order valence-corrected chi connectivity index (χ4v) is 4.18. The van der Waals surface area contributed by atoms with Crippen LogP contribution in [0.4, 0.5) is 0 Å². The maximum absolute atomic E-state index is 10.7. The van der Waals surface area contributed by atoms with Gasteiger partial charge in [-0.25, -0.2) is 0 Å². The zero-order chi connectivity index (χ0) is 16.8. The molecule has 1 aliphatic carbocycles. The molecule has 1 heterocycles. The SMILES string of the molecule is CC1=C[C@H]2c3c(O)cc(CCC(C)C)cc3OC(C)(C)[C@@H]2CC1. The van der Waals surface area contributed by atoms with Crippen LogP contribution >= 0.6 is 0 Å². The number of hydrogen-bond acceptors (Lipinski definition) is 2. The molecule has 2 atom stereocenters. The van der Waals surface area contributed by atoms with Gasteiger partial charge in [0.15, 0.2) is 0 Å². The first-order valence-corrected chi connectivity index (χ1v) is 9.00. The lowest BCUT2D eigenvalue weighted by atomic mass is 9.68. The molecule has 2 heteroatoms. The molecule has 0 unspecified atom stereocenters. The third-order valence-electron chi connectivity index (χ3n) is 5.54. The van der Waals surface area contributed by atoms with Gasteiger partial charge in [0.1, 0.15) is 17.1 Å². The van der Waals surface area contributed by atoms with E-state index in [1.807, 2.05) is 6.07 Å². The van der Waals surface area contributed by atoms with Crippen molar-refractivity contribution >= 4 is 0 Å². The second-order valence-electron chi connectivity index (χ2n) is 8.35. The van der Waals surface area contributed by atoms with Crippen molar-refractivity contribution in [2.75, 3.05) is 0 Å². The van der Waals surface area contributed by atoms with Crippen LogP contribution in [0.15, 0.2) is 23.8 Å². The van der Waals surface area contributed by atoms with E-state index in [2.05, 4.69) is 46.8 Å². The van der Waals surface area contributed by atoms with Crippen LogP contribution in [0.1, 0.15) is 70.9 Å². The summed E-state index contributed by atoms with van der Waals surface area (Å²) in [7, 11) is 0. The van der Waals surface area contributed by atoms with E-state index in [1.165, 1.54) is 11.1 Å². The van der Waals surface area contributed by atoms with Crippen LogP contribution in [0, 0.1) is 11.8 Å². The van der Waals surface area contributed by atoms with E-state index < -0.39 is 0 Å². The van der Waals surface area contributed by atoms with Crippen molar-refractivity contribution in [3.05, 3.63) is 34.9 Å². The smallest absolute Gasteiger partial charge is 0.127 e. The van der Waals surface area contributed by atoms with E-state index in [1.54, 1.807) is 0 Å². The van der Waals surface area contributed by atoms with Crippen LogP contribution < -0.4 is 4.74 Å². The van der Waals surface area contributed by atoms with Gasteiger partial charge in [-0.2, -0.15) is 0 Å². The predicted octanol–water partition coefficient (Wildman–Crippen LogP) is 5.59. The van der Waals surface area contributed by atoms with Crippen molar-refractivity contribution in [3.63, 3.8) is 0 Å². The van der Waals surface area contributed by atoms with Gasteiger partial charge in [-0.1, -0.05) is 25.5 Å². The fraction of sp³-hybridized carbons (Fsp3) is 0.619. The normalized spacial score (nSPS) is 25.4. The average Bonchev–Trinajstić information content (AvgIpc) is 2.43. The summed E-state index contributed by atoms with van der Waals surface area (Å²) in [6, 6.07) is 4.12. The average molecular weight is 314 g/mol. The number of benzene rings is 1. The van der Waals surface area contributed by atoms with Crippen LogP contribution in [0.2, 0.25) is 0 Å². The predicted molar refractivity (Wildman–Crippen MR) is 95.2 cm³/mol. The molecule has 0 saturated carbocycles. The largest absolute Gasteiger partial charge is 0.507 e. The number of aromatic hydroxyl groups is 1. The Morgan fingerprint density at radius 1 is 1.30 bits per heavy atom. The Labute approximate surface area is 140 Å². The number of rotatable bonds is 3.